The Bertz CT molecular complexity index is 1160. The van der Waals surface area contributed by atoms with Crippen LogP contribution in [0, 0.1) is 6.92 Å². The van der Waals surface area contributed by atoms with E-state index in [1.54, 1.807) is 26.4 Å². The van der Waals surface area contributed by atoms with Crippen molar-refractivity contribution in [2.24, 2.45) is 0 Å². The van der Waals surface area contributed by atoms with Crippen LogP contribution in [0.25, 0.3) is 0 Å². The van der Waals surface area contributed by atoms with Crippen LogP contribution in [0.2, 0.25) is 0 Å². The number of aryl methyl sites for hydroxylation is 1. The van der Waals surface area contributed by atoms with Crippen LogP contribution in [-0.4, -0.2) is 58.0 Å². The van der Waals surface area contributed by atoms with E-state index in [1.807, 2.05) is 49.4 Å². The van der Waals surface area contributed by atoms with Crippen LogP contribution >= 0.6 is 0 Å². The van der Waals surface area contributed by atoms with Crippen LogP contribution in [0.3, 0.4) is 0 Å². The Balaban J connectivity index is 1.50. The van der Waals surface area contributed by atoms with Crippen LogP contribution in [0.15, 0.2) is 54.6 Å². The summed E-state index contributed by atoms with van der Waals surface area (Å²) in [5.41, 5.74) is 3.36. The van der Waals surface area contributed by atoms with Crippen molar-refractivity contribution in [3.8, 4) is 17.4 Å². The fraction of sp³-hybridized carbons (Fsp3) is 0.333. The topological polar surface area (TPSA) is 82.2 Å². The number of nitrogens with one attached hydrogen (secondary N) is 1. The summed E-state index contributed by atoms with van der Waals surface area (Å²) in [5.74, 6) is 2.25. The number of anilines is 2. The summed E-state index contributed by atoms with van der Waals surface area (Å²) in [7, 11) is 3.23. The summed E-state index contributed by atoms with van der Waals surface area (Å²) in [6.45, 7) is 5.05. The SMILES string of the molecule is COc1ccc(CCOc2cc(C(=O)Nc3cccc(C)c3)cc(N3CCOCC3)n2)cc1OC. The number of morpholine rings is 1. The molecule has 1 fully saturated rings. The summed E-state index contributed by atoms with van der Waals surface area (Å²) in [6.07, 6.45) is 0.647. The Morgan fingerprint density at radius 1 is 1.03 bits per heavy atom. The van der Waals surface area contributed by atoms with Crippen molar-refractivity contribution < 1.29 is 23.7 Å². The van der Waals surface area contributed by atoms with Gasteiger partial charge < -0.3 is 29.2 Å². The normalized spacial score (nSPS) is 13.3. The maximum atomic E-state index is 13.1. The van der Waals surface area contributed by atoms with Crippen LogP contribution in [0.4, 0.5) is 11.5 Å². The first-order valence-electron chi connectivity index (χ1n) is 11.6. The quantitative estimate of drug-likeness (QED) is 0.497. The van der Waals surface area contributed by atoms with Crippen LogP contribution < -0.4 is 24.4 Å². The zero-order valence-corrected chi connectivity index (χ0v) is 20.4. The third-order valence-corrected chi connectivity index (χ3v) is 5.75. The second-order valence-corrected chi connectivity index (χ2v) is 8.26. The van der Waals surface area contributed by atoms with Gasteiger partial charge in [-0.3, -0.25) is 4.79 Å². The minimum atomic E-state index is -0.211. The first-order valence-corrected chi connectivity index (χ1v) is 11.6. The molecule has 1 aliphatic rings. The number of rotatable bonds is 9. The highest BCUT2D eigenvalue weighted by molar-refractivity contribution is 6.05. The number of hydrogen-bond acceptors (Lipinski definition) is 7. The molecule has 184 valence electrons. The number of benzene rings is 2. The van der Waals surface area contributed by atoms with Crippen molar-refractivity contribution in [3.63, 3.8) is 0 Å². The van der Waals surface area contributed by atoms with E-state index in [0.717, 1.165) is 16.8 Å². The van der Waals surface area contributed by atoms with Gasteiger partial charge in [-0.1, -0.05) is 18.2 Å². The summed E-state index contributed by atoms with van der Waals surface area (Å²) in [5, 5.41) is 2.97. The van der Waals surface area contributed by atoms with Gasteiger partial charge in [0.05, 0.1) is 34.0 Å². The van der Waals surface area contributed by atoms with E-state index in [4.69, 9.17) is 18.9 Å². The molecule has 0 radical (unpaired) electrons. The van der Waals surface area contributed by atoms with E-state index in [-0.39, 0.29) is 5.91 Å². The van der Waals surface area contributed by atoms with E-state index in [1.165, 1.54) is 0 Å². The number of hydrogen-bond donors (Lipinski definition) is 1. The molecule has 0 aliphatic carbocycles. The highest BCUT2D eigenvalue weighted by atomic mass is 16.5. The number of ether oxygens (including phenoxy) is 4. The molecule has 1 aliphatic heterocycles. The lowest BCUT2D eigenvalue weighted by atomic mass is 10.1. The Hall–Kier alpha value is -3.78. The van der Waals surface area contributed by atoms with Crippen LogP contribution in [0.5, 0.6) is 17.4 Å². The molecule has 35 heavy (non-hydrogen) atoms. The van der Waals surface area contributed by atoms with Gasteiger partial charge in [0.2, 0.25) is 5.88 Å². The second-order valence-electron chi connectivity index (χ2n) is 8.26. The molecule has 8 nitrogen and oxygen atoms in total. The van der Waals surface area contributed by atoms with Crippen molar-refractivity contribution in [1.82, 2.24) is 4.98 Å². The molecule has 0 unspecified atom stereocenters. The van der Waals surface area contributed by atoms with Gasteiger partial charge in [-0.05, 0) is 48.4 Å². The molecule has 4 rings (SSSR count). The molecule has 2 heterocycles. The maximum absolute atomic E-state index is 13.1. The lowest BCUT2D eigenvalue weighted by molar-refractivity contribution is 0.102. The number of aromatic nitrogens is 1. The third kappa shape index (κ3) is 6.42. The van der Waals surface area contributed by atoms with E-state index < -0.39 is 0 Å². The van der Waals surface area contributed by atoms with Gasteiger partial charge in [-0.2, -0.15) is 4.98 Å². The lowest BCUT2D eigenvalue weighted by Gasteiger charge is -2.28. The largest absolute Gasteiger partial charge is 0.493 e. The number of pyridine rings is 1. The van der Waals surface area contributed by atoms with Crippen molar-refractivity contribution in [2.45, 2.75) is 13.3 Å². The van der Waals surface area contributed by atoms with E-state index in [0.29, 0.717) is 68.1 Å². The molecule has 1 aromatic heterocycles. The molecule has 0 atom stereocenters. The minimum absolute atomic E-state index is 0.211. The molecule has 1 saturated heterocycles. The van der Waals surface area contributed by atoms with Crippen molar-refractivity contribution in [3.05, 3.63) is 71.3 Å². The van der Waals surface area contributed by atoms with Gasteiger partial charge in [-0.15, -0.1) is 0 Å². The van der Waals surface area contributed by atoms with Gasteiger partial charge in [0, 0.05) is 36.8 Å². The summed E-state index contributed by atoms with van der Waals surface area (Å²) in [4.78, 5) is 19.9. The maximum Gasteiger partial charge on any atom is 0.255 e. The zero-order chi connectivity index (χ0) is 24.6. The smallest absolute Gasteiger partial charge is 0.255 e. The number of carbonyl (C=O) groups is 1. The molecular formula is C27H31N3O5. The van der Waals surface area contributed by atoms with E-state index in [2.05, 4.69) is 15.2 Å². The van der Waals surface area contributed by atoms with Crippen molar-refractivity contribution in [2.75, 3.05) is 57.3 Å². The molecule has 0 spiro atoms. The van der Waals surface area contributed by atoms with E-state index >= 15 is 0 Å². The molecule has 0 bridgehead atoms. The first-order chi connectivity index (χ1) is 17.1. The average molecular weight is 478 g/mol. The number of methoxy groups -OCH3 is 2. The lowest BCUT2D eigenvalue weighted by Crippen LogP contribution is -2.37. The first kappa shape index (κ1) is 24.3. The van der Waals surface area contributed by atoms with Gasteiger partial charge in [0.25, 0.3) is 5.91 Å². The second kappa shape index (κ2) is 11.6. The highest BCUT2D eigenvalue weighted by Gasteiger charge is 2.18. The molecule has 2 aromatic carbocycles. The fourth-order valence-electron chi connectivity index (χ4n) is 3.89. The summed E-state index contributed by atoms with van der Waals surface area (Å²) in [6, 6.07) is 17.0. The monoisotopic (exact) mass is 477 g/mol. The van der Waals surface area contributed by atoms with Gasteiger partial charge in [0.1, 0.15) is 5.82 Å². The molecule has 1 N–H and O–H groups in total. The summed E-state index contributed by atoms with van der Waals surface area (Å²) >= 11 is 0. The van der Waals surface area contributed by atoms with Gasteiger partial charge in [0.15, 0.2) is 11.5 Å². The van der Waals surface area contributed by atoms with E-state index in [9.17, 15) is 4.79 Å². The minimum Gasteiger partial charge on any atom is -0.493 e. The number of nitrogens with zero attached hydrogens (tertiary/aromatic N) is 2. The molecule has 0 saturated carbocycles. The summed E-state index contributed by atoms with van der Waals surface area (Å²) < 4.78 is 22.2. The Morgan fingerprint density at radius 2 is 1.83 bits per heavy atom. The average Bonchev–Trinajstić information content (AvgIpc) is 2.89. The predicted octanol–water partition coefficient (Wildman–Crippen LogP) is 4.12. The Labute approximate surface area is 205 Å². The number of amides is 1. The molecule has 8 heteroatoms. The van der Waals surface area contributed by atoms with Crippen molar-refractivity contribution in [1.29, 1.82) is 0 Å². The van der Waals surface area contributed by atoms with Crippen molar-refractivity contribution >= 4 is 17.4 Å². The highest BCUT2D eigenvalue weighted by Crippen LogP contribution is 2.28. The predicted molar refractivity (Wildman–Crippen MR) is 135 cm³/mol. The fourth-order valence-corrected chi connectivity index (χ4v) is 3.89. The third-order valence-electron chi connectivity index (χ3n) is 5.75. The molecular weight excluding hydrogens is 446 g/mol. The molecule has 1 amide bonds. The zero-order valence-electron chi connectivity index (χ0n) is 20.4. The molecule has 3 aromatic rings. The Morgan fingerprint density at radius 3 is 2.57 bits per heavy atom. The van der Waals surface area contributed by atoms with Crippen LogP contribution in [0.1, 0.15) is 21.5 Å². The number of carbonyl (C=O) groups excluding carboxylic acids is 1. The van der Waals surface area contributed by atoms with Crippen LogP contribution in [-0.2, 0) is 11.2 Å². The Kier molecular flexibility index (Phi) is 8.05. The van der Waals surface area contributed by atoms with Gasteiger partial charge in [-0.25, -0.2) is 0 Å². The standard InChI is InChI=1S/C27H31N3O5/c1-19-5-4-6-22(15-19)28-27(31)21-17-25(30-10-13-34-14-11-30)29-26(18-21)35-12-9-20-7-8-23(32-2)24(16-20)33-3/h4-8,15-18H,9-14H2,1-3H3,(H,28,31). The van der Waals surface area contributed by atoms with Gasteiger partial charge >= 0.3 is 0 Å².